The zero-order valence-corrected chi connectivity index (χ0v) is 18.1. The van der Waals surface area contributed by atoms with E-state index in [1.54, 1.807) is 23.2 Å². The van der Waals surface area contributed by atoms with E-state index in [4.69, 9.17) is 5.73 Å². The van der Waals surface area contributed by atoms with Crippen LogP contribution in [0.5, 0.6) is 0 Å². The summed E-state index contributed by atoms with van der Waals surface area (Å²) in [5.74, 6) is -0.891. The number of rotatable bonds is 9. The van der Waals surface area contributed by atoms with Gasteiger partial charge in [0, 0.05) is 30.7 Å². The Hall–Kier alpha value is -3.63. The second-order valence-electron chi connectivity index (χ2n) is 8.17. The van der Waals surface area contributed by atoms with Crippen molar-refractivity contribution in [1.29, 1.82) is 0 Å². The third kappa shape index (κ3) is 5.83. The maximum atomic E-state index is 15.3. The lowest BCUT2D eigenvalue weighted by Crippen LogP contribution is -2.28. The van der Waals surface area contributed by atoms with Gasteiger partial charge in [0.1, 0.15) is 12.0 Å². The van der Waals surface area contributed by atoms with Crippen molar-refractivity contribution >= 4 is 11.7 Å². The van der Waals surface area contributed by atoms with Crippen LogP contribution in [0.3, 0.4) is 0 Å². The molecule has 1 aliphatic rings. The minimum atomic E-state index is -4.51. The van der Waals surface area contributed by atoms with Crippen LogP contribution in [0, 0.1) is 5.82 Å². The Morgan fingerprint density at radius 2 is 1.74 bits per heavy atom. The number of halogens is 4. The molecule has 0 aliphatic heterocycles. The number of alkyl halides is 3. The first-order valence-corrected chi connectivity index (χ1v) is 10.7. The van der Waals surface area contributed by atoms with Crippen molar-refractivity contribution in [3.05, 3.63) is 77.0 Å². The van der Waals surface area contributed by atoms with E-state index in [1.165, 1.54) is 12.4 Å². The number of pyridine rings is 2. The Kier molecular flexibility index (Phi) is 6.71. The molecular formula is C23H22F4N6O. The number of carbonyl (C=O) groups is 1. The van der Waals surface area contributed by atoms with E-state index in [1.807, 2.05) is 0 Å². The predicted octanol–water partition coefficient (Wildman–Crippen LogP) is 3.41. The van der Waals surface area contributed by atoms with Crippen molar-refractivity contribution in [2.75, 3.05) is 4.90 Å². The summed E-state index contributed by atoms with van der Waals surface area (Å²) in [6.07, 6.45) is 2.08. The number of carbonyl (C=O) groups excluding carboxylic acids is 1. The quantitative estimate of drug-likeness (QED) is 0.478. The number of aromatic nitrogens is 4. The molecule has 3 aromatic rings. The van der Waals surface area contributed by atoms with E-state index in [2.05, 4.69) is 19.9 Å². The number of nitrogens with two attached hydrogens (primary N) is 1. The van der Waals surface area contributed by atoms with Crippen molar-refractivity contribution in [2.24, 2.45) is 5.73 Å². The van der Waals surface area contributed by atoms with Crippen LogP contribution in [-0.2, 0) is 36.8 Å². The molecule has 1 saturated carbocycles. The number of primary amides is 1. The van der Waals surface area contributed by atoms with Crippen LogP contribution in [0.2, 0.25) is 0 Å². The number of hydrogen-bond donors (Lipinski definition) is 1. The molecule has 0 radical (unpaired) electrons. The van der Waals surface area contributed by atoms with Gasteiger partial charge >= 0.3 is 6.18 Å². The Labute approximate surface area is 193 Å². The van der Waals surface area contributed by atoms with Crippen LogP contribution in [0.1, 0.15) is 41.1 Å². The van der Waals surface area contributed by atoms with E-state index < -0.39 is 23.6 Å². The Bertz CT molecular complexity index is 1150. The normalized spacial score (nSPS) is 13.6. The molecule has 3 heterocycles. The first kappa shape index (κ1) is 23.5. The molecule has 0 atom stereocenters. The average molecular weight is 474 g/mol. The van der Waals surface area contributed by atoms with Gasteiger partial charge in [0.2, 0.25) is 5.91 Å². The largest absolute Gasteiger partial charge is 0.433 e. The van der Waals surface area contributed by atoms with E-state index in [-0.39, 0.29) is 30.5 Å². The fourth-order valence-corrected chi connectivity index (χ4v) is 3.56. The topological polar surface area (TPSA) is 97.9 Å². The highest BCUT2D eigenvalue weighted by Gasteiger charge is 2.34. The van der Waals surface area contributed by atoms with Gasteiger partial charge in [-0.05, 0) is 48.9 Å². The van der Waals surface area contributed by atoms with Crippen molar-refractivity contribution in [1.82, 2.24) is 19.9 Å². The SMILES string of the molecule is NC(=O)Cc1ccc(CCc2ncnc(N(Cc3ccc(C(F)(F)F)nc3)C3CC3)c2F)cn1. The number of nitrogens with zero attached hydrogens (tertiary/aromatic N) is 5. The standard InChI is InChI=1S/C23H22F4N6O/c24-21-18(7-2-14-1-4-16(29-10-14)9-20(28)34)31-13-32-22(21)33(17-5-6-17)12-15-3-8-19(30-11-15)23(25,26)27/h1,3-4,8,10-11,13,17H,2,5-7,9,12H2,(H2,28,34). The first-order chi connectivity index (χ1) is 16.2. The molecule has 4 rings (SSSR count). The summed E-state index contributed by atoms with van der Waals surface area (Å²) in [4.78, 5) is 28.6. The van der Waals surface area contributed by atoms with Gasteiger partial charge in [-0.2, -0.15) is 13.2 Å². The molecule has 178 valence electrons. The summed E-state index contributed by atoms with van der Waals surface area (Å²) in [6.45, 7) is 0.189. The molecule has 1 fully saturated rings. The van der Waals surface area contributed by atoms with Crippen molar-refractivity contribution < 1.29 is 22.4 Å². The van der Waals surface area contributed by atoms with Gasteiger partial charge in [-0.25, -0.2) is 14.4 Å². The fourth-order valence-electron chi connectivity index (χ4n) is 3.56. The smallest absolute Gasteiger partial charge is 0.369 e. The molecule has 7 nitrogen and oxygen atoms in total. The lowest BCUT2D eigenvalue weighted by Gasteiger charge is -2.24. The van der Waals surface area contributed by atoms with Gasteiger partial charge in [0.15, 0.2) is 11.6 Å². The first-order valence-electron chi connectivity index (χ1n) is 10.7. The number of hydrogen-bond acceptors (Lipinski definition) is 6. The monoisotopic (exact) mass is 474 g/mol. The average Bonchev–Trinajstić information content (AvgIpc) is 3.63. The molecule has 2 N–H and O–H groups in total. The zero-order chi connectivity index (χ0) is 24.3. The van der Waals surface area contributed by atoms with Gasteiger partial charge < -0.3 is 10.6 Å². The van der Waals surface area contributed by atoms with Crippen LogP contribution in [0.4, 0.5) is 23.4 Å². The lowest BCUT2D eigenvalue weighted by molar-refractivity contribution is -0.141. The molecule has 0 spiro atoms. The maximum Gasteiger partial charge on any atom is 0.433 e. The van der Waals surface area contributed by atoms with Crippen molar-refractivity contribution in [3.8, 4) is 0 Å². The molecule has 3 aromatic heterocycles. The molecule has 0 unspecified atom stereocenters. The summed E-state index contributed by atoms with van der Waals surface area (Å²) >= 11 is 0. The van der Waals surface area contributed by atoms with E-state index in [0.29, 0.717) is 24.1 Å². The Morgan fingerprint density at radius 3 is 2.32 bits per heavy atom. The highest BCUT2D eigenvalue weighted by atomic mass is 19.4. The highest BCUT2D eigenvalue weighted by molar-refractivity contribution is 5.76. The van der Waals surface area contributed by atoms with Crippen LogP contribution < -0.4 is 10.6 Å². The minimum absolute atomic E-state index is 0.0512. The van der Waals surface area contributed by atoms with E-state index >= 15 is 4.39 Å². The van der Waals surface area contributed by atoms with Crippen LogP contribution >= 0.6 is 0 Å². The lowest BCUT2D eigenvalue weighted by atomic mass is 10.1. The molecule has 11 heteroatoms. The van der Waals surface area contributed by atoms with Gasteiger partial charge in [0.05, 0.1) is 12.1 Å². The number of aryl methyl sites for hydroxylation is 2. The zero-order valence-electron chi connectivity index (χ0n) is 18.1. The van der Waals surface area contributed by atoms with Crippen LogP contribution in [-0.4, -0.2) is 31.9 Å². The van der Waals surface area contributed by atoms with E-state index in [9.17, 15) is 18.0 Å². The molecule has 0 aromatic carbocycles. The van der Waals surface area contributed by atoms with Gasteiger partial charge in [-0.3, -0.25) is 14.8 Å². The molecular weight excluding hydrogens is 452 g/mol. The van der Waals surface area contributed by atoms with Gasteiger partial charge in [0.25, 0.3) is 0 Å². The summed E-state index contributed by atoms with van der Waals surface area (Å²) < 4.78 is 53.7. The maximum absolute atomic E-state index is 15.3. The molecule has 0 saturated heterocycles. The van der Waals surface area contributed by atoms with Crippen molar-refractivity contribution in [3.63, 3.8) is 0 Å². The summed E-state index contributed by atoms with van der Waals surface area (Å²) in [5, 5.41) is 0. The predicted molar refractivity (Wildman–Crippen MR) is 115 cm³/mol. The highest BCUT2D eigenvalue weighted by Crippen LogP contribution is 2.34. The van der Waals surface area contributed by atoms with Crippen molar-refractivity contribution in [2.45, 2.75) is 50.9 Å². The third-order valence-electron chi connectivity index (χ3n) is 5.46. The minimum Gasteiger partial charge on any atom is -0.369 e. The molecule has 1 amide bonds. The van der Waals surface area contributed by atoms with E-state index in [0.717, 1.165) is 30.7 Å². The fraction of sp³-hybridized carbons (Fsp3) is 0.348. The summed E-state index contributed by atoms with van der Waals surface area (Å²) in [7, 11) is 0. The molecule has 1 aliphatic carbocycles. The molecule has 34 heavy (non-hydrogen) atoms. The number of anilines is 1. The van der Waals surface area contributed by atoms with Crippen LogP contribution in [0.25, 0.3) is 0 Å². The third-order valence-corrected chi connectivity index (χ3v) is 5.46. The number of amides is 1. The second kappa shape index (κ2) is 9.70. The summed E-state index contributed by atoms with van der Waals surface area (Å²) in [6, 6.07) is 5.83. The van der Waals surface area contributed by atoms with Gasteiger partial charge in [-0.15, -0.1) is 0 Å². The molecule has 0 bridgehead atoms. The van der Waals surface area contributed by atoms with Gasteiger partial charge in [-0.1, -0.05) is 12.1 Å². The van der Waals surface area contributed by atoms with Crippen LogP contribution in [0.15, 0.2) is 43.0 Å². The Balaban J connectivity index is 1.47. The second-order valence-corrected chi connectivity index (χ2v) is 8.17. The Morgan fingerprint density at radius 1 is 1.00 bits per heavy atom. The summed E-state index contributed by atoms with van der Waals surface area (Å²) in [5.41, 5.74) is 6.37.